The third kappa shape index (κ3) is 3.86. The Morgan fingerprint density at radius 1 is 1.16 bits per heavy atom. The van der Waals surface area contributed by atoms with E-state index in [9.17, 15) is 19.5 Å². The molecule has 3 aromatic rings. The molecule has 1 aliphatic carbocycles. The van der Waals surface area contributed by atoms with Gasteiger partial charge in [-0.25, -0.2) is 0 Å². The summed E-state index contributed by atoms with van der Waals surface area (Å²) in [7, 11) is 2.06. The number of piperazine rings is 1. The fourth-order valence-corrected chi connectivity index (χ4v) is 8.65. The van der Waals surface area contributed by atoms with Crippen LogP contribution in [0.2, 0.25) is 0 Å². The van der Waals surface area contributed by atoms with Crippen molar-refractivity contribution in [3.63, 3.8) is 0 Å². The summed E-state index contributed by atoms with van der Waals surface area (Å²) in [6, 6.07) is 14.4. The molecule has 10 heteroatoms. The maximum Gasteiger partial charge on any atom is 0.280 e. The van der Waals surface area contributed by atoms with Gasteiger partial charge in [-0.05, 0) is 62.4 Å². The van der Waals surface area contributed by atoms with Crippen molar-refractivity contribution in [1.29, 1.82) is 0 Å². The number of benzene rings is 2. The number of hydrogen-bond donors (Lipinski definition) is 3. The Morgan fingerprint density at radius 2 is 1.98 bits per heavy atom. The molecule has 3 amide bonds. The number of fused-ring (bicyclic) bond motifs is 5. The van der Waals surface area contributed by atoms with Crippen LogP contribution in [0.5, 0.6) is 0 Å². The van der Waals surface area contributed by atoms with E-state index in [1.165, 1.54) is 28.3 Å². The van der Waals surface area contributed by atoms with Gasteiger partial charge in [0, 0.05) is 48.6 Å². The highest BCUT2D eigenvalue weighted by Gasteiger charge is 2.70. The van der Waals surface area contributed by atoms with Gasteiger partial charge in [-0.3, -0.25) is 24.0 Å². The minimum atomic E-state index is -2.03. The van der Waals surface area contributed by atoms with E-state index >= 15 is 0 Å². The Bertz CT molecular complexity index is 1640. The van der Waals surface area contributed by atoms with Crippen molar-refractivity contribution in [2.75, 3.05) is 20.1 Å². The third-order valence-electron chi connectivity index (χ3n) is 10.6. The van der Waals surface area contributed by atoms with Crippen LogP contribution >= 0.6 is 0 Å². The number of likely N-dealkylation sites (N-methyl/N-ethyl adjacent to an activating group) is 1. The number of aromatic nitrogens is 1. The van der Waals surface area contributed by atoms with E-state index in [0.717, 1.165) is 17.5 Å². The van der Waals surface area contributed by atoms with Crippen LogP contribution in [0.15, 0.2) is 54.7 Å². The van der Waals surface area contributed by atoms with Gasteiger partial charge in [-0.1, -0.05) is 42.5 Å². The molecule has 8 rings (SSSR count). The monoisotopic (exact) mass is 583 g/mol. The maximum absolute atomic E-state index is 14.2. The summed E-state index contributed by atoms with van der Waals surface area (Å²) < 4.78 is 6.25. The second-order valence-electron chi connectivity index (χ2n) is 13.2. The molecule has 5 aliphatic rings. The molecule has 4 aliphatic heterocycles. The summed E-state index contributed by atoms with van der Waals surface area (Å²) in [5.41, 5.74) is 2.74. The zero-order chi connectivity index (χ0) is 29.7. The first-order valence-electron chi connectivity index (χ1n) is 15.4. The normalized spacial score (nSPS) is 35.2. The molecular formula is C33H37N5O5. The molecule has 1 aromatic heterocycles. The number of H-pyrrole nitrogens is 1. The fourth-order valence-electron chi connectivity index (χ4n) is 8.65. The van der Waals surface area contributed by atoms with Crippen LogP contribution < -0.4 is 5.32 Å². The maximum atomic E-state index is 14.2. The lowest BCUT2D eigenvalue weighted by Gasteiger charge is -2.48. The summed E-state index contributed by atoms with van der Waals surface area (Å²) in [5.74, 6) is -3.31. The number of aromatic amines is 1. The molecule has 3 N–H and O–H groups in total. The van der Waals surface area contributed by atoms with Gasteiger partial charge in [0.25, 0.3) is 11.8 Å². The lowest BCUT2D eigenvalue weighted by atomic mass is 9.72. The molecule has 0 bridgehead atoms. The molecule has 0 unspecified atom stereocenters. The molecule has 2 aromatic carbocycles. The van der Waals surface area contributed by atoms with E-state index < -0.39 is 29.6 Å². The van der Waals surface area contributed by atoms with Gasteiger partial charge in [-0.15, -0.1) is 0 Å². The Labute approximate surface area is 250 Å². The van der Waals surface area contributed by atoms with Gasteiger partial charge < -0.3 is 25.2 Å². The number of nitrogens with zero attached hydrogens (tertiary/aromatic N) is 3. The standard InChI is InChI=1S/C33H37N5O5/c1-32(35-29(39)21-15-23-22-10-6-11-24-28(22)20(17-34-24)16-25(23)36(2)18-21)31(41)38-26(14-19-8-4-3-5-9-19)30(40)37-13-7-12-27(37)33(38,42)43-32/h3-6,8-11,17,21,23,25-27,34,42H,7,12-16,18H2,1-2H3,(H,35,39)/t21-,23+,25-,26+,27+,32+,33+/m0/s1. The molecule has 43 heavy (non-hydrogen) atoms. The Morgan fingerprint density at radius 3 is 2.79 bits per heavy atom. The lowest BCUT2D eigenvalue weighted by Crippen LogP contribution is -2.71. The number of amides is 3. The zero-order valence-electron chi connectivity index (χ0n) is 24.5. The number of carbonyl (C=O) groups excluding carboxylic acids is 3. The number of aliphatic hydroxyl groups is 1. The third-order valence-corrected chi connectivity index (χ3v) is 10.6. The number of piperidine rings is 1. The predicted molar refractivity (Wildman–Crippen MR) is 157 cm³/mol. The highest BCUT2D eigenvalue weighted by molar-refractivity contribution is 5.97. The van der Waals surface area contributed by atoms with Crippen LogP contribution in [0, 0.1) is 5.92 Å². The van der Waals surface area contributed by atoms with Gasteiger partial charge in [0.2, 0.25) is 17.5 Å². The number of nitrogens with one attached hydrogen (secondary N) is 2. The number of rotatable bonds is 4. The first kappa shape index (κ1) is 26.9. The van der Waals surface area contributed by atoms with Crippen LogP contribution in [0.3, 0.4) is 0 Å². The molecular weight excluding hydrogens is 546 g/mol. The average molecular weight is 584 g/mol. The topological polar surface area (TPSA) is 118 Å². The quantitative estimate of drug-likeness (QED) is 0.433. The predicted octanol–water partition coefficient (Wildman–Crippen LogP) is 2.08. The highest BCUT2D eigenvalue weighted by atomic mass is 16.7. The minimum absolute atomic E-state index is 0.171. The van der Waals surface area contributed by atoms with Crippen LogP contribution in [-0.2, 0) is 32.0 Å². The second-order valence-corrected chi connectivity index (χ2v) is 13.2. The van der Waals surface area contributed by atoms with E-state index in [0.29, 0.717) is 32.4 Å². The van der Waals surface area contributed by atoms with Crippen molar-refractivity contribution in [2.24, 2.45) is 5.92 Å². The fraction of sp³-hybridized carbons (Fsp3) is 0.485. The van der Waals surface area contributed by atoms with Crippen molar-refractivity contribution in [2.45, 2.75) is 74.7 Å². The van der Waals surface area contributed by atoms with Gasteiger partial charge in [-0.2, -0.15) is 0 Å². The number of ether oxygens (including phenoxy) is 1. The van der Waals surface area contributed by atoms with Gasteiger partial charge in [0.05, 0.1) is 5.92 Å². The number of carbonyl (C=O) groups is 3. The summed E-state index contributed by atoms with van der Waals surface area (Å²) >= 11 is 0. The summed E-state index contributed by atoms with van der Waals surface area (Å²) in [6.07, 6.45) is 5.13. The zero-order valence-corrected chi connectivity index (χ0v) is 24.5. The van der Waals surface area contributed by atoms with Crippen molar-refractivity contribution in [3.8, 4) is 0 Å². The number of likely N-dealkylation sites (tertiary alicyclic amines) is 1. The Kier molecular flexibility index (Phi) is 5.86. The van der Waals surface area contributed by atoms with E-state index in [1.807, 2.05) is 30.3 Å². The van der Waals surface area contributed by atoms with E-state index in [2.05, 4.69) is 46.6 Å². The minimum Gasteiger partial charge on any atom is -0.361 e. The van der Waals surface area contributed by atoms with E-state index in [4.69, 9.17) is 4.74 Å². The smallest absolute Gasteiger partial charge is 0.280 e. The van der Waals surface area contributed by atoms with Crippen molar-refractivity contribution in [3.05, 3.63) is 71.4 Å². The molecule has 4 fully saturated rings. The molecule has 10 nitrogen and oxygen atoms in total. The summed E-state index contributed by atoms with van der Waals surface area (Å²) in [5, 5.41) is 16.2. The van der Waals surface area contributed by atoms with Crippen LogP contribution in [-0.4, -0.2) is 92.4 Å². The van der Waals surface area contributed by atoms with E-state index in [1.54, 1.807) is 4.90 Å². The second kappa shape index (κ2) is 9.38. The molecule has 4 saturated heterocycles. The van der Waals surface area contributed by atoms with Crippen LogP contribution in [0.1, 0.15) is 48.8 Å². The Hall–Kier alpha value is -3.73. The first-order chi connectivity index (χ1) is 20.7. The van der Waals surface area contributed by atoms with Crippen molar-refractivity contribution >= 4 is 28.6 Å². The summed E-state index contributed by atoms with van der Waals surface area (Å²) in [6.45, 7) is 2.56. The van der Waals surface area contributed by atoms with Gasteiger partial charge in [0.1, 0.15) is 12.1 Å². The Balaban J connectivity index is 1.08. The summed E-state index contributed by atoms with van der Waals surface area (Å²) in [4.78, 5) is 50.4. The molecule has 0 radical (unpaired) electrons. The molecule has 7 atom stereocenters. The molecule has 0 spiro atoms. The molecule has 0 saturated carbocycles. The molecule has 5 heterocycles. The largest absolute Gasteiger partial charge is 0.361 e. The van der Waals surface area contributed by atoms with Gasteiger partial charge >= 0.3 is 0 Å². The van der Waals surface area contributed by atoms with E-state index in [-0.39, 0.29) is 36.1 Å². The number of hydrogen-bond acceptors (Lipinski definition) is 6. The van der Waals surface area contributed by atoms with Crippen molar-refractivity contribution < 1.29 is 24.2 Å². The van der Waals surface area contributed by atoms with Crippen LogP contribution in [0.4, 0.5) is 0 Å². The average Bonchev–Trinajstić information content (AvgIpc) is 3.70. The van der Waals surface area contributed by atoms with Crippen molar-refractivity contribution in [1.82, 2.24) is 25.0 Å². The molecule has 224 valence electrons. The highest BCUT2D eigenvalue weighted by Crippen LogP contribution is 2.47. The first-order valence-corrected chi connectivity index (χ1v) is 15.4. The lowest BCUT2D eigenvalue weighted by molar-refractivity contribution is -0.315. The van der Waals surface area contributed by atoms with Crippen LogP contribution in [0.25, 0.3) is 10.9 Å². The van der Waals surface area contributed by atoms with Gasteiger partial charge in [0.15, 0.2) is 0 Å². The SMILES string of the molecule is CN1C[C@@H](C(=O)N[C@]2(C)O[C@]3(O)[C@H]4CCCN4C(=O)[C@@H](Cc4ccccc4)N3C2=O)C[C@@H]2c3cccc4[nH]cc(c34)C[C@@H]21.